The van der Waals surface area contributed by atoms with Gasteiger partial charge in [-0.15, -0.1) is 11.3 Å². The topological polar surface area (TPSA) is 74.6 Å². The van der Waals surface area contributed by atoms with Gasteiger partial charge in [0.2, 0.25) is 0 Å². The van der Waals surface area contributed by atoms with Crippen LogP contribution in [0, 0.1) is 11.3 Å². The van der Waals surface area contributed by atoms with Gasteiger partial charge in [-0.25, -0.2) is 4.79 Å². The van der Waals surface area contributed by atoms with Crippen LogP contribution >= 0.6 is 11.3 Å². The Morgan fingerprint density at radius 1 is 1.42 bits per heavy atom. The van der Waals surface area contributed by atoms with Crippen molar-refractivity contribution in [2.75, 3.05) is 26.2 Å². The molecule has 1 atom stereocenters. The van der Waals surface area contributed by atoms with Crippen LogP contribution in [0.5, 0.6) is 0 Å². The molecule has 2 heterocycles. The zero-order valence-corrected chi connectivity index (χ0v) is 15.2. The highest BCUT2D eigenvalue weighted by atomic mass is 32.1. The third-order valence-corrected chi connectivity index (χ3v) is 4.99. The second-order valence-corrected chi connectivity index (χ2v) is 7.02. The van der Waals surface area contributed by atoms with E-state index in [9.17, 15) is 4.79 Å². The van der Waals surface area contributed by atoms with Crippen molar-refractivity contribution in [1.29, 1.82) is 5.26 Å². The van der Waals surface area contributed by atoms with Gasteiger partial charge >= 0.3 is 6.09 Å². The summed E-state index contributed by atoms with van der Waals surface area (Å²) in [6, 6.07) is 13.7. The molecule has 7 heteroatoms. The zero-order chi connectivity index (χ0) is 18.2. The van der Waals surface area contributed by atoms with Crippen LogP contribution in [0.25, 0.3) is 0 Å². The molecule has 2 aromatic rings. The average Bonchev–Trinajstić information content (AvgIpc) is 3.15. The number of benzene rings is 1. The van der Waals surface area contributed by atoms with Gasteiger partial charge in [-0.1, -0.05) is 30.3 Å². The van der Waals surface area contributed by atoms with Crippen molar-refractivity contribution in [3.8, 4) is 6.07 Å². The van der Waals surface area contributed by atoms with Crippen molar-refractivity contribution in [3.05, 3.63) is 57.8 Å². The van der Waals surface area contributed by atoms with E-state index >= 15 is 0 Å². The largest absolute Gasteiger partial charge is 0.445 e. The van der Waals surface area contributed by atoms with Gasteiger partial charge in [0, 0.05) is 29.9 Å². The van der Waals surface area contributed by atoms with Crippen LogP contribution in [0.15, 0.2) is 41.8 Å². The third kappa shape index (κ3) is 5.30. The minimum Gasteiger partial charge on any atom is -0.445 e. The molecule has 0 spiro atoms. The lowest BCUT2D eigenvalue weighted by molar-refractivity contribution is -0.0271. The van der Waals surface area contributed by atoms with E-state index in [0.29, 0.717) is 38.3 Å². The van der Waals surface area contributed by atoms with E-state index in [1.165, 1.54) is 0 Å². The first-order valence-electron chi connectivity index (χ1n) is 8.50. The Kier molecular flexibility index (Phi) is 6.61. The number of carbonyl (C=O) groups excluding carboxylic acids is 1. The van der Waals surface area contributed by atoms with Crippen LogP contribution in [0.2, 0.25) is 0 Å². The first-order chi connectivity index (χ1) is 12.7. The van der Waals surface area contributed by atoms with Crippen molar-refractivity contribution in [2.45, 2.75) is 19.3 Å². The number of nitriles is 1. The molecule has 136 valence electrons. The highest BCUT2D eigenvalue weighted by molar-refractivity contribution is 7.10. The Labute approximate surface area is 156 Å². The molecule has 1 N–H and O–H groups in total. The molecule has 1 amide bonds. The third-order valence-electron chi connectivity index (χ3n) is 4.06. The maximum absolute atomic E-state index is 12.2. The zero-order valence-electron chi connectivity index (χ0n) is 14.4. The number of thiophene rings is 1. The van der Waals surface area contributed by atoms with Crippen LogP contribution < -0.4 is 5.32 Å². The lowest BCUT2D eigenvalue weighted by Gasteiger charge is -2.32. The second kappa shape index (κ2) is 9.34. The Bertz CT molecular complexity index is 757. The fourth-order valence-electron chi connectivity index (χ4n) is 2.71. The smallest absolute Gasteiger partial charge is 0.410 e. The normalized spacial score (nSPS) is 16.9. The molecule has 1 unspecified atom stereocenters. The summed E-state index contributed by atoms with van der Waals surface area (Å²) < 4.78 is 11.1. The second-order valence-electron chi connectivity index (χ2n) is 6.02. The summed E-state index contributed by atoms with van der Waals surface area (Å²) in [7, 11) is 0. The van der Waals surface area contributed by atoms with Gasteiger partial charge < -0.3 is 19.7 Å². The molecule has 1 aromatic carbocycles. The molecule has 0 saturated carbocycles. The molecule has 1 aliphatic heterocycles. The highest BCUT2D eigenvalue weighted by Crippen LogP contribution is 2.14. The molecule has 1 fully saturated rings. The average molecular weight is 371 g/mol. The molecule has 1 aliphatic rings. The Hall–Kier alpha value is -2.40. The molecule has 0 aliphatic carbocycles. The fraction of sp³-hybridized carbons (Fsp3) is 0.368. The van der Waals surface area contributed by atoms with Crippen molar-refractivity contribution in [2.24, 2.45) is 0 Å². The van der Waals surface area contributed by atoms with Crippen LogP contribution in [0.3, 0.4) is 0 Å². The van der Waals surface area contributed by atoms with E-state index in [1.807, 2.05) is 41.8 Å². The summed E-state index contributed by atoms with van der Waals surface area (Å²) in [5.74, 6) is 0. The lowest BCUT2D eigenvalue weighted by atomic mass is 10.2. The predicted molar refractivity (Wildman–Crippen MR) is 98.7 cm³/mol. The highest BCUT2D eigenvalue weighted by Gasteiger charge is 2.25. The lowest BCUT2D eigenvalue weighted by Crippen LogP contribution is -2.49. The van der Waals surface area contributed by atoms with Gasteiger partial charge in [-0.3, -0.25) is 0 Å². The van der Waals surface area contributed by atoms with Gasteiger partial charge in [-0.05, 0) is 11.6 Å². The molecule has 26 heavy (non-hydrogen) atoms. The van der Waals surface area contributed by atoms with Crippen LogP contribution in [0.4, 0.5) is 4.79 Å². The summed E-state index contributed by atoms with van der Waals surface area (Å²) >= 11 is 1.56. The summed E-state index contributed by atoms with van der Waals surface area (Å²) in [6.45, 7) is 3.16. The molecule has 1 aromatic heterocycles. The minimum atomic E-state index is -0.306. The van der Waals surface area contributed by atoms with Crippen molar-refractivity contribution in [1.82, 2.24) is 10.2 Å². The summed E-state index contributed by atoms with van der Waals surface area (Å²) in [5, 5.41) is 14.0. The number of amides is 1. The summed E-state index contributed by atoms with van der Waals surface area (Å²) in [4.78, 5) is 15.0. The first-order valence-corrected chi connectivity index (χ1v) is 9.38. The number of nitrogens with zero attached hydrogens (tertiary/aromatic N) is 2. The van der Waals surface area contributed by atoms with Gasteiger partial charge in [0.25, 0.3) is 0 Å². The molecular formula is C19H21N3O3S. The van der Waals surface area contributed by atoms with E-state index < -0.39 is 0 Å². The Morgan fingerprint density at radius 3 is 3.04 bits per heavy atom. The van der Waals surface area contributed by atoms with Crippen molar-refractivity contribution >= 4 is 17.4 Å². The summed E-state index contributed by atoms with van der Waals surface area (Å²) in [6.07, 6.45) is -0.373. The maximum Gasteiger partial charge on any atom is 0.410 e. The molecular weight excluding hydrogens is 350 g/mol. The minimum absolute atomic E-state index is 0.0663. The maximum atomic E-state index is 12.2. The molecule has 0 radical (unpaired) electrons. The van der Waals surface area contributed by atoms with E-state index in [4.69, 9.17) is 14.7 Å². The monoisotopic (exact) mass is 371 g/mol. The number of morpholine rings is 1. The molecule has 3 rings (SSSR count). The fourth-order valence-corrected chi connectivity index (χ4v) is 3.49. The van der Waals surface area contributed by atoms with Crippen LogP contribution in [0.1, 0.15) is 16.0 Å². The summed E-state index contributed by atoms with van der Waals surface area (Å²) in [5.41, 5.74) is 1.66. The van der Waals surface area contributed by atoms with E-state index in [-0.39, 0.29) is 18.8 Å². The number of nitrogens with one attached hydrogen (secondary N) is 1. The van der Waals surface area contributed by atoms with E-state index in [0.717, 1.165) is 10.4 Å². The number of ether oxygens (including phenoxy) is 2. The van der Waals surface area contributed by atoms with Gasteiger partial charge in [0.05, 0.1) is 24.8 Å². The van der Waals surface area contributed by atoms with Crippen LogP contribution in [-0.4, -0.2) is 43.3 Å². The van der Waals surface area contributed by atoms with Crippen molar-refractivity contribution in [3.63, 3.8) is 0 Å². The molecule has 0 bridgehead atoms. The van der Waals surface area contributed by atoms with Crippen molar-refractivity contribution < 1.29 is 14.3 Å². The molecule has 6 nitrogen and oxygen atoms in total. The van der Waals surface area contributed by atoms with Crippen LogP contribution in [-0.2, 0) is 22.6 Å². The SMILES string of the molecule is N#Cc1csc(CNCC2CN(C(=O)OCc3ccccc3)CCO2)c1. The molecule has 1 saturated heterocycles. The standard InChI is InChI=1S/C19H21N3O3S/c20-9-16-8-18(26-14-16)11-21-10-17-12-22(6-7-24-17)19(23)25-13-15-4-2-1-3-5-15/h1-5,8,14,17,21H,6-7,10-13H2. The predicted octanol–water partition coefficient (Wildman–Crippen LogP) is 2.75. The van der Waals surface area contributed by atoms with Gasteiger partial charge in [0.1, 0.15) is 12.7 Å². The first kappa shape index (κ1) is 18.4. The van der Waals surface area contributed by atoms with Gasteiger partial charge in [0.15, 0.2) is 0 Å². The van der Waals surface area contributed by atoms with E-state index in [2.05, 4.69) is 11.4 Å². The number of hydrogen-bond donors (Lipinski definition) is 1. The number of rotatable bonds is 6. The van der Waals surface area contributed by atoms with E-state index in [1.54, 1.807) is 16.2 Å². The Balaban J connectivity index is 1.40. The van der Waals surface area contributed by atoms with Gasteiger partial charge in [-0.2, -0.15) is 5.26 Å². The number of carbonyl (C=O) groups is 1. The number of hydrogen-bond acceptors (Lipinski definition) is 6. The Morgan fingerprint density at radius 2 is 2.27 bits per heavy atom. The quantitative estimate of drug-likeness (QED) is 0.845.